The van der Waals surface area contributed by atoms with Crippen molar-refractivity contribution < 1.29 is 19.4 Å². The maximum absolute atomic E-state index is 12.2. The van der Waals surface area contributed by atoms with Gasteiger partial charge in [-0.15, -0.1) is 0 Å². The van der Waals surface area contributed by atoms with E-state index in [0.717, 1.165) is 0 Å². The molecule has 6 nitrogen and oxygen atoms in total. The molecule has 0 aliphatic carbocycles. The molecular formula is C13H16N2O4. The fourth-order valence-electron chi connectivity index (χ4n) is 2.13. The summed E-state index contributed by atoms with van der Waals surface area (Å²) in [6, 6.07) is 4.91. The maximum atomic E-state index is 12.2. The number of carboxylic acids is 1. The molecule has 19 heavy (non-hydrogen) atoms. The molecule has 1 saturated heterocycles. The Bertz CT molecular complexity index is 509. The Labute approximate surface area is 110 Å². The third kappa shape index (κ3) is 2.78. The van der Waals surface area contributed by atoms with E-state index in [4.69, 9.17) is 15.6 Å². The van der Waals surface area contributed by atoms with Gasteiger partial charge in [0.1, 0.15) is 5.75 Å². The number of anilines is 1. The summed E-state index contributed by atoms with van der Waals surface area (Å²) in [7, 11) is 1.52. The number of hydrogen-bond acceptors (Lipinski definition) is 4. The predicted octanol–water partition coefficient (Wildman–Crippen LogP) is 0.824. The number of hydrogen-bond donors (Lipinski definition) is 2. The van der Waals surface area contributed by atoms with Crippen molar-refractivity contribution in [1.29, 1.82) is 0 Å². The molecule has 0 spiro atoms. The van der Waals surface area contributed by atoms with Gasteiger partial charge >= 0.3 is 5.97 Å². The number of ether oxygens (including phenoxy) is 1. The minimum atomic E-state index is -0.835. The van der Waals surface area contributed by atoms with Gasteiger partial charge in [0.05, 0.1) is 19.1 Å². The van der Waals surface area contributed by atoms with Gasteiger partial charge in [-0.1, -0.05) is 0 Å². The number of carbonyl (C=O) groups is 2. The van der Waals surface area contributed by atoms with Crippen LogP contribution in [0.2, 0.25) is 0 Å². The molecule has 1 aromatic carbocycles. The molecule has 102 valence electrons. The third-order valence-corrected chi connectivity index (χ3v) is 3.20. The average molecular weight is 264 g/mol. The third-order valence-electron chi connectivity index (χ3n) is 3.20. The summed E-state index contributed by atoms with van der Waals surface area (Å²) >= 11 is 0. The van der Waals surface area contributed by atoms with Crippen molar-refractivity contribution in [3.8, 4) is 5.75 Å². The van der Waals surface area contributed by atoms with Crippen LogP contribution in [0, 0.1) is 5.92 Å². The summed E-state index contributed by atoms with van der Waals surface area (Å²) in [6.07, 6.45) is 0.0946. The lowest BCUT2D eigenvalue weighted by Crippen LogP contribution is -2.50. The first-order chi connectivity index (χ1) is 9.01. The van der Waals surface area contributed by atoms with Crippen LogP contribution in [0.25, 0.3) is 0 Å². The molecule has 3 N–H and O–H groups in total. The van der Waals surface area contributed by atoms with E-state index in [1.54, 1.807) is 23.1 Å². The summed E-state index contributed by atoms with van der Waals surface area (Å²) in [4.78, 5) is 24.3. The molecule has 1 aromatic rings. The number of nitrogens with two attached hydrogens (primary N) is 1. The second kappa shape index (κ2) is 5.17. The molecule has 0 radical (unpaired) electrons. The molecule has 2 rings (SSSR count). The fraction of sp³-hybridized carbons (Fsp3) is 0.385. The van der Waals surface area contributed by atoms with Crippen LogP contribution in [0.3, 0.4) is 0 Å². The molecule has 0 aromatic heterocycles. The van der Waals surface area contributed by atoms with E-state index in [9.17, 15) is 9.59 Å². The van der Waals surface area contributed by atoms with E-state index in [1.165, 1.54) is 7.11 Å². The molecule has 0 atom stereocenters. The Kier molecular flexibility index (Phi) is 3.59. The Morgan fingerprint density at radius 3 is 2.74 bits per heavy atom. The van der Waals surface area contributed by atoms with Gasteiger partial charge in [0, 0.05) is 24.7 Å². The molecule has 0 unspecified atom stereocenters. The van der Waals surface area contributed by atoms with E-state index < -0.39 is 5.97 Å². The fourth-order valence-corrected chi connectivity index (χ4v) is 2.13. The Morgan fingerprint density at radius 2 is 2.16 bits per heavy atom. The van der Waals surface area contributed by atoms with Gasteiger partial charge in [-0.25, -0.2) is 0 Å². The molecule has 1 aliphatic heterocycles. The number of likely N-dealkylation sites (tertiary alicyclic amines) is 1. The van der Waals surface area contributed by atoms with Gasteiger partial charge in [-0.3, -0.25) is 9.59 Å². The standard InChI is InChI=1S/C13H16N2O4/c1-19-9-2-3-11(14)10(5-9)13(18)15-6-8(7-15)4-12(16)17/h2-3,5,8H,4,6-7,14H2,1H3,(H,16,17). The van der Waals surface area contributed by atoms with Gasteiger partial charge in [0.25, 0.3) is 5.91 Å². The maximum Gasteiger partial charge on any atom is 0.303 e. The van der Waals surface area contributed by atoms with Crippen LogP contribution in [0.15, 0.2) is 18.2 Å². The number of carboxylic acid groups (broad SMARTS) is 1. The molecule has 1 aliphatic rings. The zero-order valence-electron chi connectivity index (χ0n) is 10.6. The number of aliphatic carboxylic acids is 1. The SMILES string of the molecule is COc1ccc(N)c(C(=O)N2CC(CC(=O)O)C2)c1. The first-order valence-electron chi connectivity index (χ1n) is 5.96. The van der Waals surface area contributed by atoms with Gasteiger partial charge in [0.2, 0.25) is 0 Å². The van der Waals surface area contributed by atoms with Crippen molar-refractivity contribution in [2.75, 3.05) is 25.9 Å². The van der Waals surface area contributed by atoms with Crippen LogP contribution in [-0.4, -0.2) is 42.1 Å². The Balaban J connectivity index is 2.03. The molecule has 0 bridgehead atoms. The predicted molar refractivity (Wildman–Crippen MR) is 69.1 cm³/mol. The van der Waals surface area contributed by atoms with Crippen molar-refractivity contribution in [3.63, 3.8) is 0 Å². The summed E-state index contributed by atoms with van der Waals surface area (Å²) in [5.74, 6) is -0.413. The number of amides is 1. The van der Waals surface area contributed by atoms with Crippen molar-refractivity contribution in [2.24, 2.45) is 5.92 Å². The second-order valence-electron chi connectivity index (χ2n) is 4.63. The van der Waals surface area contributed by atoms with Crippen LogP contribution in [-0.2, 0) is 4.79 Å². The smallest absolute Gasteiger partial charge is 0.303 e. The first kappa shape index (κ1) is 13.2. The summed E-state index contributed by atoms with van der Waals surface area (Å²) < 4.78 is 5.06. The van der Waals surface area contributed by atoms with Crippen LogP contribution < -0.4 is 10.5 Å². The molecule has 1 fully saturated rings. The van der Waals surface area contributed by atoms with Crippen molar-refractivity contribution in [2.45, 2.75) is 6.42 Å². The van der Waals surface area contributed by atoms with E-state index >= 15 is 0 Å². The lowest BCUT2D eigenvalue weighted by atomic mass is 9.95. The van der Waals surface area contributed by atoms with E-state index in [1.807, 2.05) is 0 Å². The first-order valence-corrected chi connectivity index (χ1v) is 5.96. The minimum absolute atomic E-state index is 0.0354. The molecule has 1 heterocycles. The number of benzene rings is 1. The normalized spacial score (nSPS) is 14.9. The lowest BCUT2D eigenvalue weighted by molar-refractivity contribution is -0.139. The quantitative estimate of drug-likeness (QED) is 0.785. The average Bonchev–Trinajstić information content (AvgIpc) is 2.33. The summed E-state index contributed by atoms with van der Waals surface area (Å²) in [5.41, 5.74) is 6.57. The van der Waals surface area contributed by atoms with Crippen LogP contribution in [0.4, 0.5) is 5.69 Å². The van der Waals surface area contributed by atoms with Gasteiger partial charge in [-0.05, 0) is 18.2 Å². The number of rotatable bonds is 4. The van der Waals surface area contributed by atoms with Crippen LogP contribution in [0.1, 0.15) is 16.8 Å². The lowest BCUT2D eigenvalue weighted by Gasteiger charge is -2.38. The number of carbonyl (C=O) groups excluding carboxylic acids is 1. The van der Waals surface area contributed by atoms with E-state index in [2.05, 4.69) is 0 Å². The van der Waals surface area contributed by atoms with Gasteiger partial charge < -0.3 is 20.5 Å². The van der Waals surface area contributed by atoms with Crippen molar-refractivity contribution in [3.05, 3.63) is 23.8 Å². The Morgan fingerprint density at radius 1 is 1.47 bits per heavy atom. The highest BCUT2D eigenvalue weighted by atomic mass is 16.5. The zero-order valence-corrected chi connectivity index (χ0v) is 10.6. The van der Waals surface area contributed by atoms with Gasteiger partial charge in [0.15, 0.2) is 0 Å². The van der Waals surface area contributed by atoms with E-state index in [-0.39, 0.29) is 18.2 Å². The summed E-state index contributed by atoms with van der Waals surface area (Å²) in [5, 5.41) is 8.66. The highest BCUT2D eigenvalue weighted by molar-refractivity contribution is 6.00. The summed E-state index contributed by atoms with van der Waals surface area (Å²) in [6.45, 7) is 0.920. The zero-order chi connectivity index (χ0) is 14.0. The molecule has 0 saturated carbocycles. The second-order valence-corrected chi connectivity index (χ2v) is 4.63. The van der Waals surface area contributed by atoms with Crippen molar-refractivity contribution in [1.82, 2.24) is 4.90 Å². The highest BCUT2D eigenvalue weighted by Gasteiger charge is 2.33. The van der Waals surface area contributed by atoms with Crippen LogP contribution >= 0.6 is 0 Å². The Hall–Kier alpha value is -2.24. The molecule has 1 amide bonds. The van der Waals surface area contributed by atoms with Gasteiger partial charge in [-0.2, -0.15) is 0 Å². The minimum Gasteiger partial charge on any atom is -0.497 e. The van der Waals surface area contributed by atoms with Crippen LogP contribution in [0.5, 0.6) is 5.75 Å². The number of nitrogen functional groups attached to an aromatic ring is 1. The van der Waals surface area contributed by atoms with E-state index in [0.29, 0.717) is 30.1 Å². The largest absolute Gasteiger partial charge is 0.497 e. The highest BCUT2D eigenvalue weighted by Crippen LogP contribution is 2.26. The monoisotopic (exact) mass is 264 g/mol. The number of methoxy groups -OCH3 is 1. The molecule has 6 heteroatoms. The number of nitrogens with zero attached hydrogens (tertiary/aromatic N) is 1. The van der Waals surface area contributed by atoms with Crippen molar-refractivity contribution >= 4 is 17.6 Å². The topological polar surface area (TPSA) is 92.9 Å². The molecular weight excluding hydrogens is 248 g/mol.